The zero-order chi connectivity index (χ0) is 20.2. The van der Waals surface area contributed by atoms with Crippen molar-refractivity contribution < 1.29 is 4.74 Å². The summed E-state index contributed by atoms with van der Waals surface area (Å²) in [5.41, 5.74) is 2.18. The molecule has 0 aliphatic heterocycles. The van der Waals surface area contributed by atoms with Crippen LogP contribution in [0.2, 0.25) is 5.02 Å². The van der Waals surface area contributed by atoms with Crippen LogP contribution in [0.25, 0.3) is 10.8 Å². The number of nitrogens with zero attached hydrogens (tertiary/aromatic N) is 4. The number of benzene rings is 3. The lowest BCUT2D eigenvalue weighted by atomic mass is 10.1. The number of aromatic nitrogens is 2. The molecule has 0 saturated carbocycles. The molecule has 0 spiro atoms. The molecule has 29 heavy (non-hydrogen) atoms. The molecule has 0 amide bonds. The summed E-state index contributed by atoms with van der Waals surface area (Å²) < 4.78 is 5.90. The van der Waals surface area contributed by atoms with Gasteiger partial charge in [0.1, 0.15) is 11.6 Å². The molecule has 0 bridgehead atoms. The van der Waals surface area contributed by atoms with Gasteiger partial charge < -0.3 is 4.74 Å². The summed E-state index contributed by atoms with van der Waals surface area (Å²) in [6.07, 6.45) is 2.15. The lowest BCUT2D eigenvalue weighted by molar-refractivity contribution is 0.460. The highest BCUT2D eigenvalue weighted by Gasteiger charge is 2.10. The van der Waals surface area contributed by atoms with E-state index in [4.69, 9.17) is 26.9 Å². The summed E-state index contributed by atoms with van der Waals surface area (Å²) in [4.78, 5) is 8.75. The first-order valence-electron chi connectivity index (χ1n) is 8.77. The first-order valence-corrected chi connectivity index (χ1v) is 9.15. The predicted octanol–water partition coefficient (Wildman–Crippen LogP) is 5.41. The number of ether oxygens (including phenoxy) is 1. The monoisotopic (exact) mass is 396 g/mol. The Morgan fingerprint density at radius 2 is 1.66 bits per heavy atom. The number of halogens is 1. The molecule has 0 atom stereocenters. The van der Waals surface area contributed by atoms with Gasteiger partial charge in [-0.1, -0.05) is 35.9 Å². The Kier molecular flexibility index (Phi) is 5.07. The van der Waals surface area contributed by atoms with Crippen molar-refractivity contribution in [3.8, 4) is 23.8 Å². The average molecular weight is 397 g/mol. The van der Waals surface area contributed by atoms with Gasteiger partial charge >= 0.3 is 0 Å². The Balaban J connectivity index is 1.58. The van der Waals surface area contributed by atoms with Crippen molar-refractivity contribution in [2.24, 2.45) is 0 Å². The zero-order valence-corrected chi connectivity index (χ0v) is 15.9. The molecule has 0 fully saturated rings. The first kappa shape index (κ1) is 18.4. The van der Waals surface area contributed by atoms with Crippen LogP contribution < -0.4 is 4.74 Å². The van der Waals surface area contributed by atoms with Crippen LogP contribution >= 0.6 is 11.6 Å². The number of hydrogen-bond acceptors (Lipinski definition) is 5. The fourth-order valence-corrected chi connectivity index (χ4v) is 3.21. The number of rotatable bonds is 4. The van der Waals surface area contributed by atoms with Gasteiger partial charge in [0.2, 0.25) is 5.88 Å². The highest BCUT2D eigenvalue weighted by Crippen LogP contribution is 2.35. The van der Waals surface area contributed by atoms with E-state index in [0.717, 1.165) is 16.3 Å². The molecule has 3 aromatic carbocycles. The van der Waals surface area contributed by atoms with Gasteiger partial charge in [0.25, 0.3) is 0 Å². The van der Waals surface area contributed by atoms with Crippen molar-refractivity contribution in [1.82, 2.24) is 9.97 Å². The van der Waals surface area contributed by atoms with Gasteiger partial charge in [-0.05, 0) is 41.3 Å². The molecule has 5 nitrogen and oxygen atoms in total. The third kappa shape index (κ3) is 4.01. The summed E-state index contributed by atoms with van der Waals surface area (Å²) in [6, 6.07) is 22.1. The molecular weight excluding hydrogens is 384 g/mol. The molecule has 6 heteroatoms. The minimum absolute atomic E-state index is 0.388. The molecule has 1 aromatic heterocycles. The third-order valence-electron chi connectivity index (χ3n) is 4.39. The van der Waals surface area contributed by atoms with E-state index in [9.17, 15) is 0 Å². The molecule has 138 valence electrons. The quantitative estimate of drug-likeness (QED) is 0.460. The van der Waals surface area contributed by atoms with Gasteiger partial charge in [-0.25, -0.2) is 4.98 Å². The molecule has 1 heterocycles. The van der Waals surface area contributed by atoms with Crippen molar-refractivity contribution in [3.63, 3.8) is 0 Å². The maximum absolute atomic E-state index is 9.04. The van der Waals surface area contributed by atoms with Gasteiger partial charge in [0.05, 0.1) is 28.3 Å². The molecule has 0 aliphatic rings. The van der Waals surface area contributed by atoms with Crippen molar-refractivity contribution in [1.29, 1.82) is 10.5 Å². The lowest BCUT2D eigenvalue weighted by Gasteiger charge is -2.10. The Morgan fingerprint density at radius 1 is 0.897 bits per heavy atom. The zero-order valence-electron chi connectivity index (χ0n) is 15.1. The van der Waals surface area contributed by atoms with E-state index in [0.29, 0.717) is 40.0 Å². The van der Waals surface area contributed by atoms with Crippen molar-refractivity contribution in [3.05, 3.63) is 94.4 Å². The van der Waals surface area contributed by atoms with E-state index in [1.807, 2.05) is 18.2 Å². The standard InChI is InChI=1S/C23H13ClN4O/c24-23-19-7-5-17(14-26)11-18(19)6-8-20(23)29-22-9-10-27-21(28-22)12-15-1-3-16(13-25)4-2-15/h1-11H,12H2. The Labute approximate surface area is 172 Å². The maximum atomic E-state index is 9.04. The largest absolute Gasteiger partial charge is 0.437 e. The second kappa shape index (κ2) is 7.98. The van der Waals surface area contributed by atoms with E-state index in [1.54, 1.807) is 48.7 Å². The van der Waals surface area contributed by atoms with Crippen LogP contribution in [0, 0.1) is 22.7 Å². The molecular formula is C23H13ClN4O. The Bertz CT molecular complexity index is 1290. The van der Waals surface area contributed by atoms with Crippen LogP contribution in [0.15, 0.2) is 66.9 Å². The summed E-state index contributed by atoms with van der Waals surface area (Å²) in [5, 5.41) is 20.1. The topological polar surface area (TPSA) is 82.6 Å². The van der Waals surface area contributed by atoms with Crippen LogP contribution in [0.4, 0.5) is 0 Å². The molecule has 0 radical (unpaired) electrons. The molecule has 0 saturated heterocycles. The maximum Gasteiger partial charge on any atom is 0.222 e. The van der Waals surface area contributed by atoms with Crippen LogP contribution in [-0.4, -0.2) is 9.97 Å². The molecule has 4 rings (SSSR count). The predicted molar refractivity (Wildman–Crippen MR) is 110 cm³/mol. The molecule has 0 aliphatic carbocycles. The van der Waals surface area contributed by atoms with E-state index < -0.39 is 0 Å². The second-order valence-corrected chi connectivity index (χ2v) is 6.70. The number of hydrogen-bond donors (Lipinski definition) is 0. The minimum atomic E-state index is 0.388. The van der Waals surface area contributed by atoms with Crippen molar-refractivity contribution in [2.75, 3.05) is 0 Å². The summed E-state index contributed by atoms with van der Waals surface area (Å²) in [5.74, 6) is 1.47. The van der Waals surface area contributed by atoms with Crippen molar-refractivity contribution >= 4 is 22.4 Å². The Hall–Kier alpha value is -3.93. The van der Waals surface area contributed by atoms with Gasteiger partial charge in [-0.2, -0.15) is 15.5 Å². The van der Waals surface area contributed by atoms with Crippen LogP contribution in [0.5, 0.6) is 11.6 Å². The fraction of sp³-hybridized carbons (Fsp3) is 0.0435. The van der Waals surface area contributed by atoms with E-state index in [-0.39, 0.29) is 0 Å². The Morgan fingerprint density at radius 3 is 2.41 bits per heavy atom. The lowest BCUT2D eigenvalue weighted by Crippen LogP contribution is -1.98. The number of fused-ring (bicyclic) bond motifs is 1. The summed E-state index contributed by atoms with van der Waals surface area (Å²) in [7, 11) is 0. The minimum Gasteiger partial charge on any atom is -0.437 e. The van der Waals surface area contributed by atoms with Crippen LogP contribution in [-0.2, 0) is 6.42 Å². The van der Waals surface area contributed by atoms with Crippen molar-refractivity contribution in [2.45, 2.75) is 6.42 Å². The highest BCUT2D eigenvalue weighted by atomic mass is 35.5. The number of nitriles is 2. The fourth-order valence-electron chi connectivity index (χ4n) is 2.94. The second-order valence-electron chi connectivity index (χ2n) is 6.32. The van der Waals surface area contributed by atoms with Gasteiger partial charge in [0, 0.05) is 24.1 Å². The first-order chi connectivity index (χ1) is 14.2. The van der Waals surface area contributed by atoms with E-state index in [2.05, 4.69) is 22.1 Å². The van der Waals surface area contributed by atoms with Gasteiger partial charge in [-0.3, -0.25) is 0 Å². The van der Waals surface area contributed by atoms with Crippen LogP contribution in [0.3, 0.4) is 0 Å². The molecule has 0 N–H and O–H groups in total. The highest BCUT2D eigenvalue weighted by molar-refractivity contribution is 6.37. The van der Waals surface area contributed by atoms with E-state index >= 15 is 0 Å². The average Bonchev–Trinajstić information content (AvgIpc) is 2.76. The van der Waals surface area contributed by atoms with Gasteiger partial charge in [0.15, 0.2) is 0 Å². The molecule has 4 aromatic rings. The summed E-state index contributed by atoms with van der Waals surface area (Å²) >= 11 is 6.51. The van der Waals surface area contributed by atoms with Crippen LogP contribution in [0.1, 0.15) is 22.5 Å². The van der Waals surface area contributed by atoms with E-state index in [1.165, 1.54) is 0 Å². The summed E-state index contributed by atoms with van der Waals surface area (Å²) in [6.45, 7) is 0. The molecule has 0 unspecified atom stereocenters. The van der Waals surface area contributed by atoms with Gasteiger partial charge in [-0.15, -0.1) is 0 Å². The SMILES string of the molecule is N#Cc1ccc(Cc2nccc(Oc3ccc4cc(C#N)ccc4c3Cl)n2)cc1. The normalized spacial score (nSPS) is 10.3. The third-order valence-corrected chi connectivity index (χ3v) is 4.78. The smallest absolute Gasteiger partial charge is 0.222 e.